The largest absolute Gasteiger partial charge is 0.314 e. The van der Waals surface area contributed by atoms with Crippen LogP contribution in [0.1, 0.15) is 58.4 Å². The van der Waals surface area contributed by atoms with E-state index in [4.69, 9.17) is 0 Å². The minimum atomic E-state index is 0.682. The molecule has 0 amide bonds. The number of hydrogen-bond acceptors (Lipinski definition) is 1. The third kappa shape index (κ3) is 6.24. The van der Waals surface area contributed by atoms with Crippen LogP contribution in [0.25, 0.3) is 0 Å². The Morgan fingerprint density at radius 1 is 1.00 bits per heavy atom. The molecule has 1 N–H and O–H groups in total. The van der Waals surface area contributed by atoms with E-state index in [2.05, 4.69) is 56.4 Å². The van der Waals surface area contributed by atoms with Crippen molar-refractivity contribution < 1.29 is 0 Å². The lowest BCUT2D eigenvalue weighted by Gasteiger charge is -2.27. The summed E-state index contributed by atoms with van der Waals surface area (Å²) in [5, 5.41) is 3.71. The Morgan fingerprint density at radius 2 is 1.74 bits per heavy atom. The zero-order valence-electron chi connectivity index (χ0n) is 13.0. The van der Waals surface area contributed by atoms with Gasteiger partial charge >= 0.3 is 0 Å². The molecule has 1 nitrogen and oxygen atoms in total. The van der Waals surface area contributed by atoms with Gasteiger partial charge in [0.1, 0.15) is 0 Å². The Labute approximate surface area is 119 Å². The molecule has 0 saturated carbocycles. The second kappa shape index (κ2) is 10.0. The molecule has 2 atom stereocenters. The highest BCUT2D eigenvalue weighted by Crippen LogP contribution is 2.20. The van der Waals surface area contributed by atoms with Crippen molar-refractivity contribution >= 4 is 0 Å². The number of aryl methyl sites for hydroxylation is 1. The van der Waals surface area contributed by atoms with Crippen molar-refractivity contribution in [3.63, 3.8) is 0 Å². The summed E-state index contributed by atoms with van der Waals surface area (Å²) < 4.78 is 0. The summed E-state index contributed by atoms with van der Waals surface area (Å²) in [7, 11) is 0. The van der Waals surface area contributed by atoms with Gasteiger partial charge in [-0.05, 0) is 37.3 Å². The standard InChI is InChI=1S/C18H31N/c1-4-7-13-17(5-2)18(19-6-3)15-14-16-11-9-8-10-12-16/h8-12,17-19H,4-7,13-15H2,1-3H3. The van der Waals surface area contributed by atoms with Crippen LogP contribution in [0, 0.1) is 5.92 Å². The fraction of sp³-hybridized carbons (Fsp3) is 0.667. The van der Waals surface area contributed by atoms with Crippen LogP contribution < -0.4 is 5.32 Å². The molecule has 0 aliphatic rings. The molecule has 1 rings (SSSR count). The molecule has 0 bridgehead atoms. The van der Waals surface area contributed by atoms with Crippen LogP contribution in [0.2, 0.25) is 0 Å². The molecule has 1 heteroatoms. The van der Waals surface area contributed by atoms with Gasteiger partial charge in [-0.1, -0.05) is 70.4 Å². The van der Waals surface area contributed by atoms with Crippen molar-refractivity contribution in [2.75, 3.05) is 6.54 Å². The first-order valence-corrected chi connectivity index (χ1v) is 8.09. The van der Waals surface area contributed by atoms with Gasteiger partial charge in [-0.15, -0.1) is 0 Å². The number of rotatable bonds is 10. The molecule has 0 spiro atoms. The highest BCUT2D eigenvalue weighted by molar-refractivity contribution is 5.14. The molecule has 0 heterocycles. The second-order valence-electron chi connectivity index (χ2n) is 5.50. The van der Waals surface area contributed by atoms with E-state index in [1.165, 1.54) is 44.1 Å². The van der Waals surface area contributed by atoms with Gasteiger partial charge in [-0.2, -0.15) is 0 Å². The molecular formula is C18H31N. The van der Waals surface area contributed by atoms with Crippen molar-refractivity contribution in [2.45, 2.75) is 65.3 Å². The average Bonchev–Trinajstić information content (AvgIpc) is 2.46. The van der Waals surface area contributed by atoms with Crippen LogP contribution >= 0.6 is 0 Å². The molecular weight excluding hydrogens is 230 g/mol. The predicted molar refractivity (Wildman–Crippen MR) is 85.5 cm³/mol. The van der Waals surface area contributed by atoms with E-state index in [1.54, 1.807) is 0 Å². The van der Waals surface area contributed by atoms with Crippen LogP contribution in [0.15, 0.2) is 30.3 Å². The highest BCUT2D eigenvalue weighted by Gasteiger charge is 2.18. The predicted octanol–water partition coefficient (Wildman–Crippen LogP) is 4.81. The summed E-state index contributed by atoms with van der Waals surface area (Å²) in [5.41, 5.74) is 1.47. The Kier molecular flexibility index (Phi) is 8.57. The molecule has 0 saturated heterocycles. The van der Waals surface area contributed by atoms with Crippen molar-refractivity contribution in [3.8, 4) is 0 Å². The van der Waals surface area contributed by atoms with E-state index in [9.17, 15) is 0 Å². The lowest BCUT2D eigenvalue weighted by molar-refractivity contribution is 0.307. The monoisotopic (exact) mass is 261 g/mol. The van der Waals surface area contributed by atoms with Gasteiger partial charge in [0.15, 0.2) is 0 Å². The smallest absolute Gasteiger partial charge is 0.00982 e. The minimum Gasteiger partial charge on any atom is -0.314 e. The van der Waals surface area contributed by atoms with Crippen LogP contribution in [-0.2, 0) is 6.42 Å². The van der Waals surface area contributed by atoms with Gasteiger partial charge in [0.05, 0.1) is 0 Å². The molecule has 0 aliphatic heterocycles. The normalized spacial score (nSPS) is 14.3. The first-order chi connectivity index (χ1) is 9.31. The number of hydrogen-bond donors (Lipinski definition) is 1. The molecule has 0 fully saturated rings. The van der Waals surface area contributed by atoms with Gasteiger partial charge in [-0.3, -0.25) is 0 Å². The maximum atomic E-state index is 3.71. The lowest BCUT2D eigenvalue weighted by Crippen LogP contribution is -2.36. The van der Waals surface area contributed by atoms with Gasteiger partial charge in [0.25, 0.3) is 0 Å². The maximum Gasteiger partial charge on any atom is 0.00982 e. The molecule has 0 aromatic heterocycles. The fourth-order valence-corrected chi connectivity index (χ4v) is 2.89. The van der Waals surface area contributed by atoms with Crippen LogP contribution in [0.4, 0.5) is 0 Å². The van der Waals surface area contributed by atoms with Gasteiger partial charge < -0.3 is 5.32 Å². The first kappa shape index (κ1) is 16.2. The van der Waals surface area contributed by atoms with Gasteiger partial charge in [0, 0.05) is 6.04 Å². The van der Waals surface area contributed by atoms with Crippen LogP contribution in [0.3, 0.4) is 0 Å². The van der Waals surface area contributed by atoms with E-state index in [1.807, 2.05) is 0 Å². The third-order valence-electron chi connectivity index (χ3n) is 4.08. The minimum absolute atomic E-state index is 0.682. The average molecular weight is 261 g/mol. The number of nitrogens with one attached hydrogen (secondary N) is 1. The van der Waals surface area contributed by atoms with Crippen molar-refractivity contribution in [1.29, 1.82) is 0 Å². The van der Waals surface area contributed by atoms with E-state index in [-0.39, 0.29) is 0 Å². The van der Waals surface area contributed by atoms with E-state index in [0.29, 0.717) is 6.04 Å². The number of benzene rings is 1. The summed E-state index contributed by atoms with van der Waals surface area (Å²) in [6, 6.07) is 11.6. The third-order valence-corrected chi connectivity index (χ3v) is 4.08. The summed E-state index contributed by atoms with van der Waals surface area (Å²) in [5.74, 6) is 0.837. The van der Waals surface area contributed by atoms with E-state index < -0.39 is 0 Å². The highest BCUT2D eigenvalue weighted by atomic mass is 14.9. The van der Waals surface area contributed by atoms with E-state index in [0.717, 1.165) is 12.5 Å². The SMILES string of the molecule is CCCCC(CC)C(CCc1ccccc1)NCC. The van der Waals surface area contributed by atoms with Crippen molar-refractivity contribution in [2.24, 2.45) is 5.92 Å². The van der Waals surface area contributed by atoms with Gasteiger partial charge in [-0.25, -0.2) is 0 Å². The zero-order chi connectivity index (χ0) is 13.9. The molecule has 0 radical (unpaired) electrons. The maximum absolute atomic E-state index is 3.71. The number of unbranched alkanes of at least 4 members (excludes halogenated alkanes) is 1. The lowest BCUT2D eigenvalue weighted by atomic mass is 9.87. The molecule has 1 aromatic carbocycles. The molecule has 108 valence electrons. The van der Waals surface area contributed by atoms with Crippen molar-refractivity contribution in [1.82, 2.24) is 5.32 Å². The Balaban J connectivity index is 2.50. The zero-order valence-corrected chi connectivity index (χ0v) is 13.0. The molecule has 1 aromatic rings. The molecule has 2 unspecified atom stereocenters. The summed E-state index contributed by atoms with van der Waals surface area (Å²) in [4.78, 5) is 0. The Morgan fingerprint density at radius 3 is 2.32 bits per heavy atom. The summed E-state index contributed by atoms with van der Waals surface area (Å²) in [6.07, 6.45) is 7.81. The Bertz CT molecular complexity index is 307. The fourth-order valence-electron chi connectivity index (χ4n) is 2.89. The summed E-state index contributed by atoms with van der Waals surface area (Å²) in [6.45, 7) is 7.94. The quantitative estimate of drug-likeness (QED) is 0.637. The first-order valence-electron chi connectivity index (χ1n) is 8.09. The van der Waals surface area contributed by atoms with E-state index >= 15 is 0 Å². The van der Waals surface area contributed by atoms with Crippen molar-refractivity contribution in [3.05, 3.63) is 35.9 Å². The molecule has 0 aliphatic carbocycles. The van der Waals surface area contributed by atoms with Crippen LogP contribution in [0.5, 0.6) is 0 Å². The second-order valence-corrected chi connectivity index (χ2v) is 5.50. The topological polar surface area (TPSA) is 12.0 Å². The molecule has 19 heavy (non-hydrogen) atoms. The van der Waals surface area contributed by atoms with Crippen LogP contribution in [-0.4, -0.2) is 12.6 Å². The Hall–Kier alpha value is -0.820. The summed E-state index contributed by atoms with van der Waals surface area (Å²) >= 11 is 0. The van der Waals surface area contributed by atoms with Gasteiger partial charge in [0.2, 0.25) is 0 Å².